The van der Waals surface area contributed by atoms with Crippen molar-refractivity contribution in [1.29, 1.82) is 0 Å². The lowest BCUT2D eigenvalue weighted by molar-refractivity contribution is -0.276. The summed E-state index contributed by atoms with van der Waals surface area (Å²) in [5, 5.41) is 19.5. The molecule has 8 nitrogen and oxygen atoms in total. The summed E-state index contributed by atoms with van der Waals surface area (Å²) in [6, 6.07) is 32.4. The van der Waals surface area contributed by atoms with Crippen LogP contribution in [0.15, 0.2) is 108 Å². The van der Waals surface area contributed by atoms with Gasteiger partial charge in [-0.05, 0) is 65.4 Å². The zero-order chi connectivity index (χ0) is 32.1. The Morgan fingerprint density at radius 3 is 2.28 bits per heavy atom. The second-order valence-corrected chi connectivity index (χ2v) is 14.0. The van der Waals surface area contributed by atoms with Crippen LogP contribution in [0.2, 0.25) is 0 Å². The van der Waals surface area contributed by atoms with Gasteiger partial charge in [-0.1, -0.05) is 91.9 Å². The summed E-state index contributed by atoms with van der Waals surface area (Å²) in [4.78, 5) is 2.58. The van der Waals surface area contributed by atoms with E-state index in [0.29, 0.717) is 0 Å². The Kier molecular flexibility index (Phi) is 10.3. The number of rotatable bonds is 11. The van der Waals surface area contributed by atoms with Crippen LogP contribution in [-0.4, -0.2) is 55.4 Å². The standard InChI is InChI=1S/C37H42N2O6S/c1-26-35(23-39-20-6-9-33(39)25-41)44-37(45-36(26)30-14-12-27(24-40)13-15-30)31-18-16-29(17-19-31)32-8-5-7-28(21-32)22-38-46(42,43)34-10-3-2-4-11-34/h2-5,7-8,10-19,21,26,33,35-38,40-41H,6,9,20,22-25H2,1H3/t26-,33+,35+,36+,37+/m1/s1. The van der Waals surface area contributed by atoms with Crippen LogP contribution in [0.5, 0.6) is 0 Å². The van der Waals surface area contributed by atoms with Crippen LogP contribution >= 0.6 is 0 Å². The maximum absolute atomic E-state index is 12.7. The minimum atomic E-state index is -3.61. The Morgan fingerprint density at radius 1 is 0.826 bits per heavy atom. The highest BCUT2D eigenvalue weighted by atomic mass is 32.2. The van der Waals surface area contributed by atoms with Gasteiger partial charge in [0.15, 0.2) is 6.29 Å². The van der Waals surface area contributed by atoms with E-state index in [1.165, 1.54) is 0 Å². The van der Waals surface area contributed by atoms with Crippen LogP contribution < -0.4 is 4.72 Å². The van der Waals surface area contributed by atoms with Crippen molar-refractivity contribution in [3.8, 4) is 11.1 Å². The average Bonchev–Trinajstić information content (AvgIpc) is 3.56. The summed E-state index contributed by atoms with van der Waals surface area (Å²) in [6.45, 7) is 4.14. The zero-order valence-electron chi connectivity index (χ0n) is 26.0. The SMILES string of the molecule is C[C@@H]1[C@H](CN2CCC[C@H]2CO)O[C@H](c2ccc(-c3cccc(CNS(=O)(=O)c4ccccc4)c3)cc2)O[C@@H]1c1ccc(CO)cc1. The molecule has 0 spiro atoms. The number of hydrogen-bond donors (Lipinski definition) is 3. The minimum absolute atomic E-state index is 0.00815. The number of benzene rings is 4. The van der Waals surface area contributed by atoms with Crippen molar-refractivity contribution >= 4 is 10.0 Å². The fraction of sp³-hybridized carbons (Fsp3) is 0.351. The Labute approximate surface area is 271 Å². The molecule has 4 aromatic rings. The number of sulfonamides is 1. The summed E-state index contributed by atoms with van der Waals surface area (Å²) in [6.07, 6.45) is 1.17. The fourth-order valence-corrected chi connectivity index (χ4v) is 7.50. The molecule has 2 heterocycles. The largest absolute Gasteiger partial charge is 0.395 e. The molecule has 2 fully saturated rings. The third kappa shape index (κ3) is 7.42. The number of nitrogens with one attached hydrogen (secondary N) is 1. The van der Waals surface area contributed by atoms with E-state index in [1.54, 1.807) is 30.3 Å². The Hall–Kier alpha value is -3.41. The molecular formula is C37H42N2O6S. The molecule has 2 aliphatic heterocycles. The Balaban J connectivity index is 1.19. The maximum Gasteiger partial charge on any atom is 0.240 e. The third-order valence-electron chi connectivity index (χ3n) is 9.21. The molecule has 2 saturated heterocycles. The van der Waals surface area contributed by atoms with E-state index in [4.69, 9.17) is 9.47 Å². The normalized spacial score (nSPS) is 23.8. The van der Waals surface area contributed by atoms with Gasteiger partial charge in [0.25, 0.3) is 0 Å². The number of likely N-dealkylation sites (tertiary alicyclic amines) is 1. The van der Waals surface area contributed by atoms with Crippen LogP contribution in [0.4, 0.5) is 0 Å². The topological polar surface area (TPSA) is 108 Å². The number of hydrogen-bond acceptors (Lipinski definition) is 7. The van der Waals surface area contributed by atoms with Crippen molar-refractivity contribution < 1.29 is 28.1 Å². The highest BCUT2D eigenvalue weighted by Gasteiger charge is 2.40. The van der Waals surface area contributed by atoms with Crippen molar-refractivity contribution in [3.05, 3.63) is 125 Å². The number of aliphatic hydroxyl groups excluding tert-OH is 2. The second-order valence-electron chi connectivity index (χ2n) is 12.3. The monoisotopic (exact) mass is 642 g/mol. The second kappa shape index (κ2) is 14.6. The van der Waals surface area contributed by atoms with E-state index < -0.39 is 16.3 Å². The molecule has 5 atom stereocenters. The van der Waals surface area contributed by atoms with Crippen LogP contribution in [0.1, 0.15) is 54.4 Å². The van der Waals surface area contributed by atoms with Gasteiger partial charge in [0.1, 0.15) is 0 Å². The average molecular weight is 643 g/mol. The van der Waals surface area contributed by atoms with Gasteiger partial charge < -0.3 is 19.7 Å². The molecule has 4 aromatic carbocycles. The lowest BCUT2D eigenvalue weighted by atomic mass is 9.89. The molecule has 242 valence electrons. The van der Waals surface area contributed by atoms with E-state index in [2.05, 4.69) is 16.5 Å². The number of aliphatic hydroxyl groups is 2. The van der Waals surface area contributed by atoms with E-state index in [0.717, 1.165) is 59.3 Å². The summed E-state index contributed by atoms with van der Waals surface area (Å²) < 4.78 is 41.4. The van der Waals surface area contributed by atoms with Crippen LogP contribution in [0.3, 0.4) is 0 Å². The van der Waals surface area contributed by atoms with E-state index in [-0.39, 0.29) is 48.8 Å². The number of ether oxygens (including phenoxy) is 2. The van der Waals surface area contributed by atoms with E-state index in [1.807, 2.05) is 72.8 Å². The molecule has 6 rings (SSSR count). The predicted molar refractivity (Wildman–Crippen MR) is 177 cm³/mol. The van der Waals surface area contributed by atoms with Gasteiger partial charge in [-0.3, -0.25) is 4.90 Å². The first-order valence-corrected chi connectivity index (χ1v) is 17.4. The van der Waals surface area contributed by atoms with E-state index in [9.17, 15) is 18.6 Å². The quantitative estimate of drug-likeness (QED) is 0.196. The van der Waals surface area contributed by atoms with Gasteiger partial charge >= 0.3 is 0 Å². The smallest absolute Gasteiger partial charge is 0.240 e. The van der Waals surface area contributed by atoms with Crippen molar-refractivity contribution in [1.82, 2.24) is 9.62 Å². The minimum Gasteiger partial charge on any atom is -0.395 e. The molecule has 0 saturated carbocycles. The van der Waals surface area contributed by atoms with Crippen LogP contribution in [0, 0.1) is 5.92 Å². The molecule has 0 aliphatic carbocycles. The molecule has 0 aromatic heterocycles. The van der Waals surface area contributed by atoms with Crippen molar-refractivity contribution in [2.45, 2.75) is 62.4 Å². The first-order chi connectivity index (χ1) is 22.3. The summed E-state index contributed by atoms with van der Waals surface area (Å²) in [5.74, 6) is 0.0671. The highest BCUT2D eigenvalue weighted by Crippen LogP contribution is 2.42. The summed E-state index contributed by atoms with van der Waals surface area (Å²) in [5.41, 5.74) is 5.63. The third-order valence-corrected chi connectivity index (χ3v) is 10.6. The molecule has 0 amide bonds. The Morgan fingerprint density at radius 2 is 1.57 bits per heavy atom. The fourth-order valence-electron chi connectivity index (χ4n) is 6.46. The molecular weight excluding hydrogens is 600 g/mol. The summed E-state index contributed by atoms with van der Waals surface area (Å²) in [7, 11) is -3.61. The Bertz CT molecular complexity index is 1680. The molecule has 0 radical (unpaired) electrons. The number of nitrogens with zero attached hydrogens (tertiary/aromatic N) is 1. The molecule has 9 heteroatoms. The lowest BCUT2D eigenvalue weighted by Crippen LogP contribution is -2.46. The van der Waals surface area contributed by atoms with Crippen LogP contribution in [0.25, 0.3) is 11.1 Å². The molecule has 0 bridgehead atoms. The molecule has 0 unspecified atom stereocenters. The molecule has 3 N–H and O–H groups in total. The van der Waals surface area contributed by atoms with Crippen LogP contribution in [-0.2, 0) is 32.6 Å². The van der Waals surface area contributed by atoms with E-state index >= 15 is 0 Å². The van der Waals surface area contributed by atoms with Gasteiger partial charge in [0.05, 0.1) is 30.3 Å². The maximum atomic E-state index is 12.7. The van der Waals surface area contributed by atoms with Gasteiger partial charge in [-0.2, -0.15) is 0 Å². The summed E-state index contributed by atoms with van der Waals surface area (Å²) >= 11 is 0. The predicted octanol–water partition coefficient (Wildman–Crippen LogP) is 5.57. The van der Waals surface area contributed by atoms with Crippen molar-refractivity contribution in [3.63, 3.8) is 0 Å². The first-order valence-electron chi connectivity index (χ1n) is 15.9. The first kappa shape index (κ1) is 32.5. The molecule has 46 heavy (non-hydrogen) atoms. The molecule has 2 aliphatic rings. The van der Waals surface area contributed by atoms with Gasteiger partial charge in [-0.15, -0.1) is 0 Å². The highest BCUT2D eigenvalue weighted by molar-refractivity contribution is 7.89. The van der Waals surface area contributed by atoms with Gasteiger partial charge in [0.2, 0.25) is 10.0 Å². The van der Waals surface area contributed by atoms with Crippen molar-refractivity contribution in [2.75, 3.05) is 19.7 Å². The zero-order valence-corrected chi connectivity index (χ0v) is 26.9. The lowest BCUT2D eigenvalue weighted by Gasteiger charge is -2.43. The van der Waals surface area contributed by atoms with Gasteiger partial charge in [0, 0.05) is 30.6 Å². The van der Waals surface area contributed by atoms with Gasteiger partial charge in [-0.25, -0.2) is 13.1 Å². The van der Waals surface area contributed by atoms with Crippen molar-refractivity contribution in [2.24, 2.45) is 5.92 Å².